The van der Waals surface area contributed by atoms with Gasteiger partial charge in [-0.15, -0.1) is 0 Å². The first-order chi connectivity index (χ1) is 15.0. The lowest BCUT2D eigenvalue weighted by molar-refractivity contribution is -0.142. The molecule has 0 aliphatic heterocycles. The molecule has 0 unspecified atom stereocenters. The van der Waals surface area contributed by atoms with Crippen molar-refractivity contribution in [1.29, 1.82) is 0 Å². The molecule has 1 heterocycles. The Hall–Kier alpha value is -3.91. The van der Waals surface area contributed by atoms with E-state index in [0.29, 0.717) is 18.0 Å². The van der Waals surface area contributed by atoms with Gasteiger partial charge in [0.25, 0.3) is 0 Å². The third-order valence-corrected chi connectivity index (χ3v) is 4.38. The molecule has 160 valence electrons. The van der Waals surface area contributed by atoms with Gasteiger partial charge in [0.05, 0.1) is 19.3 Å². The minimum atomic E-state index is -0.856. The quantitative estimate of drug-likeness (QED) is 0.483. The van der Waals surface area contributed by atoms with Crippen LogP contribution in [0.1, 0.15) is 5.69 Å². The Labute approximate surface area is 180 Å². The number of hydrogen-bond donors (Lipinski definition) is 3. The Balaban J connectivity index is 1.61. The van der Waals surface area contributed by atoms with Gasteiger partial charge in [-0.2, -0.15) is 0 Å². The highest BCUT2D eigenvalue weighted by atomic mass is 16.5. The van der Waals surface area contributed by atoms with Crippen molar-refractivity contribution in [2.45, 2.75) is 12.6 Å². The van der Waals surface area contributed by atoms with E-state index in [1.807, 2.05) is 54.6 Å². The molecule has 2 amide bonds. The van der Waals surface area contributed by atoms with Crippen LogP contribution in [-0.2, 0) is 16.1 Å². The highest BCUT2D eigenvalue weighted by Crippen LogP contribution is 2.26. The first-order valence-corrected chi connectivity index (χ1v) is 9.66. The smallest absolute Gasteiger partial charge is 0.326 e. The van der Waals surface area contributed by atoms with Gasteiger partial charge < -0.3 is 25.8 Å². The fraction of sp³-hybridized carbons (Fsp3) is 0.174. The van der Waals surface area contributed by atoms with Crippen molar-refractivity contribution in [3.63, 3.8) is 0 Å². The first kappa shape index (κ1) is 21.8. The molecule has 2 aromatic carbocycles. The number of carbonyl (C=O) groups excluding carboxylic acids is 2. The summed E-state index contributed by atoms with van der Waals surface area (Å²) in [7, 11) is 1.28. The van der Waals surface area contributed by atoms with E-state index in [4.69, 9.17) is 10.5 Å². The van der Waals surface area contributed by atoms with Gasteiger partial charge in [0, 0.05) is 11.9 Å². The maximum absolute atomic E-state index is 12.2. The van der Waals surface area contributed by atoms with Crippen LogP contribution in [-0.4, -0.2) is 36.7 Å². The van der Waals surface area contributed by atoms with Crippen LogP contribution in [0.25, 0.3) is 11.1 Å². The molecule has 31 heavy (non-hydrogen) atoms. The third-order valence-electron chi connectivity index (χ3n) is 4.38. The molecule has 0 radical (unpaired) electrons. The number of aromatic nitrogens is 1. The summed E-state index contributed by atoms with van der Waals surface area (Å²) < 4.78 is 10.2. The number of anilines is 1. The number of pyridine rings is 1. The summed E-state index contributed by atoms with van der Waals surface area (Å²) in [5.41, 5.74) is 8.91. The van der Waals surface area contributed by atoms with Crippen LogP contribution >= 0.6 is 0 Å². The average Bonchev–Trinajstić information content (AvgIpc) is 2.81. The van der Waals surface area contributed by atoms with Crippen LogP contribution in [0, 0.1) is 0 Å². The minimum absolute atomic E-state index is 0.00810. The summed E-state index contributed by atoms with van der Waals surface area (Å²) in [4.78, 5) is 27.8. The number of nitrogens with two attached hydrogens (primary N) is 1. The summed E-state index contributed by atoms with van der Waals surface area (Å²) in [6.45, 7) is 0.341. The number of amides is 2. The largest absolute Gasteiger partial charge is 0.491 e. The van der Waals surface area contributed by atoms with Crippen LogP contribution in [0.4, 0.5) is 10.5 Å². The molecule has 1 aromatic heterocycles. The Morgan fingerprint density at radius 2 is 1.81 bits per heavy atom. The van der Waals surface area contributed by atoms with E-state index >= 15 is 0 Å². The van der Waals surface area contributed by atoms with Gasteiger partial charge in [0.2, 0.25) is 0 Å². The average molecular weight is 420 g/mol. The van der Waals surface area contributed by atoms with Crippen molar-refractivity contribution in [2.24, 2.45) is 5.73 Å². The fourth-order valence-corrected chi connectivity index (χ4v) is 2.80. The van der Waals surface area contributed by atoms with Crippen molar-refractivity contribution in [3.05, 3.63) is 78.6 Å². The third kappa shape index (κ3) is 6.55. The van der Waals surface area contributed by atoms with Gasteiger partial charge in [0.1, 0.15) is 18.4 Å². The molecule has 0 saturated heterocycles. The van der Waals surface area contributed by atoms with E-state index in [-0.39, 0.29) is 12.6 Å². The van der Waals surface area contributed by atoms with E-state index in [1.165, 1.54) is 7.11 Å². The zero-order chi connectivity index (χ0) is 22.1. The van der Waals surface area contributed by atoms with Gasteiger partial charge in [-0.05, 0) is 47.5 Å². The zero-order valence-corrected chi connectivity index (χ0v) is 17.1. The van der Waals surface area contributed by atoms with Crippen LogP contribution < -0.4 is 21.1 Å². The van der Waals surface area contributed by atoms with Gasteiger partial charge in [-0.25, -0.2) is 4.79 Å². The number of methoxy groups -OCH3 is 1. The lowest BCUT2D eigenvalue weighted by Crippen LogP contribution is -2.37. The summed E-state index contributed by atoms with van der Waals surface area (Å²) in [5.74, 6) is 0.0413. The molecular weight excluding hydrogens is 396 g/mol. The number of carbonyl (C=O) groups is 2. The van der Waals surface area contributed by atoms with Gasteiger partial charge in [0.15, 0.2) is 0 Å². The van der Waals surface area contributed by atoms with Crippen LogP contribution in [0.5, 0.6) is 5.75 Å². The second kappa shape index (κ2) is 10.7. The summed E-state index contributed by atoms with van der Waals surface area (Å²) in [6.07, 6.45) is 1.68. The summed E-state index contributed by atoms with van der Waals surface area (Å²) >= 11 is 0. The lowest BCUT2D eigenvalue weighted by atomic mass is 10.0. The van der Waals surface area contributed by atoms with Crippen LogP contribution in [0.2, 0.25) is 0 Å². The normalized spacial score (nSPS) is 11.3. The van der Waals surface area contributed by atoms with E-state index in [9.17, 15) is 9.59 Å². The highest BCUT2D eigenvalue weighted by molar-refractivity contribution is 5.90. The predicted octanol–water partition coefficient (Wildman–Crippen LogP) is 2.95. The number of benzene rings is 2. The first-order valence-electron chi connectivity index (χ1n) is 9.66. The Kier molecular flexibility index (Phi) is 7.56. The molecular formula is C23H24N4O4. The van der Waals surface area contributed by atoms with Crippen molar-refractivity contribution in [3.8, 4) is 16.9 Å². The molecule has 0 bridgehead atoms. The number of esters is 1. The molecule has 0 aliphatic rings. The Morgan fingerprint density at radius 1 is 1.03 bits per heavy atom. The molecule has 1 atom stereocenters. The van der Waals surface area contributed by atoms with Crippen LogP contribution in [0.15, 0.2) is 72.9 Å². The number of nitrogens with zero attached hydrogens (tertiary/aromatic N) is 1. The van der Waals surface area contributed by atoms with Crippen molar-refractivity contribution in [1.82, 2.24) is 10.3 Å². The zero-order valence-electron chi connectivity index (χ0n) is 17.1. The minimum Gasteiger partial charge on any atom is -0.491 e. The SMILES string of the molecule is COC(=O)[C@@H](N)COc1cccc(-c2cccc(NC(=O)NCc3ccccn3)c2)c1. The molecule has 0 fully saturated rings. The second-order valence-electron chi connectivity index (χ2n) is 6.68. The summed E-state index contributed by atoms with van der Waals surface area (Å²) in [6, 6.07) is 19.2. The standard InChI is InChI=1S/C23H24N4O4/c1-30-22(28)21(24)15-31-20-10-5-7-17(13-20)16-6-4-9-18(12-16)27-23(29)26-14-19-8-2-3-11-25-19/h2-13,21H,14-15,24H2,1H3,(H2,26,27,29)/t21-/m0/s1. The molecule has 3 rings (SSSR count). The topological polar surface area (TPSA) is 116 Å². The molecule has 8 heteroatoms. The molecule has 0 saturated carbocycles. The second-order valence-corrected chi connectivity index (χ2v) is 6.68. The van der Waals surface area contributed by atoms with Crippen molar-refractivity contribution in [2.75, 3.05) is 19.0 Å². The Morgan fingerprint density at radius 3 is 2.55 bits per heavy atom. The molecule has 4 N–H and O–H groups in total. The van der Waals surface area contributed by atoms with E-state index < -0.39 is 12.0 Å². The van der Waals surface area contributed by atoms with Gasteiger partial charge in [-0.1, -0.05) is 30.3 Å². The predicted molar refractivity (Wildman–Crippen MR) is 117 cm³/mol. The van der Waals surface area contributed by atoms with E-state index in [0.717, 1.165) is 16.8 Å². The molecule has 3 aromatic rings. The number of nitrogens with one attached hydrogen (secondary N) is 2. The highest BCUT2D eigenvalue weighted by Gasteiger charge is 2.14. The molecule has 8 nitrogen and oxygen atoms in total. The van der Waals surface area contributed by atoms with Gasteiger partial charge >= 0.3 is 12.0 Å². The summed E-state index contributed by atoms with van der Waals surface area (Å²) in [5, 5.41) is 5.59. The number of urea groups is 1. The van der Waals surface area contributed by atoms with E-state index in [1.54, 1.807) is 18.3 Å². The molecule has 0 aliphatic carbocycles. The van der Waals surface area contributed by atoms with E-state index in [2.05, 4.69) is 20.4 Å². The lowest BCUT2D eigenvalue weighted by Gasteiger charge is -2.13. The fourth-order valence-electron chi connectivity index (χ4n) is 2.80. The monoisotopic (exact) mass is 420 g/mol. The van der Waals surface area contributed by atoms with Crippen molar-refractivity contribution < 1.29 is 19.1 Å². The molecule has 0 spiro atoms. The van der Waals surface area contributed by atoms with Gasteiger partial charge in [-0.3, -0.25) is 9.78 Å². The Bertz CT molecular complexity index is 1030. The number of hydrogen-bond acceptors (Lipinski definition) is 6. The maximum Gasteiger partial charge on any atom is 0.326 e. The number of rotatable bonds is 8. The van der Waals surface area contributed by atoms with Crippen LogP contribution in [0.3, 0.4) is 0 Å². The maximum atomic E-state index is 12.2. The number of ether oxygens (including phenoxy) is 2. The van der Waals surface area contributed by atoms with Crippen molar-refractivity contribution >= 4 is 17.7 Å².